The lowest BCUT2D eigenvalue weighted by atomic mass is 9.89. The fraction of sp³-hybridized carbons (Fsp3) is 0.529. The van der Waals surface area contributed by atoms with Crippen molar-refractivity contribution in [2.75, 3.05) is 26.7 Å². The van der Waals surface area contributed by atoms with Crippen LogP contribution in [0.2, 0.25) is 0 Å². The van der Waals surface area contributed by atoms with Crippen LogP contribution in [-0.4, -0.2) is 47.8 Å². The molecule has 0 bridgehead atoms. The first kappa shape index (κ1) is 14.4. The smallest absolute Gasteiger partial charge is 0.119 e. The lowest BCUT2D eigenvalue weighted by molar-refractivity contribution is 0.109. The number of H-pyrrole nitrogens is 1. The van der Waals surface area contributed by atoms with Crippen molar-refractivity contribution in [3.63, 3.8) is 0 Å². The summed E-state index contributed by atoms with van der Waals surface area (Å²) in [6.07, 6.45) is 4.21. The first-order valence-corrected chi connectivity index (χ1v) is 7.73. The first-order chi connectivity index (χ1) is 10.2. The average Bonchev–Trinajstić information content (AvgIpc) is 2.90. The molecule has 2 aromatic rings. The maximum atomic E-state index is 9.49. The molecular formula is C17H24N2O2. The Morgan fingerprint density at radius 2 is 2.14 bits per heavy atom. The normalized spacial score (nSPS) is 19.0. The Kier molecular flexibility index (Phi) is 4.17. The van der Waals surface area contributed by atoms with Crippen LogP contribution in [0.5, 0.6) is 5.75 Å². The largest absolute Gasteiger partial charge is 0.497 e. The highest BCUT2D eigenvalue weighted by Crippen LogP contribution is 2.34. The predicted molar refractivity (Wildman–Crippen MR) is 84.9 cm³/mol. The fourth-order valence-corrected chi connectivity index (χ4v) is 3.39. The Hall–Kier alpha value is -1.52. The lowest BCUT2D eigenvalue weighted by Gasteiger charge is -2.32. The number of rotatable bonds is 4. The number of methoxy groups -OCH3 is 1. The minimum atomic E-state index is -0.237. The van der Waals surface area contributed by atoms with Crippen molar-refractivity contribution in [2.45, 2.75) is 31.8 Å². The Balaban J connectivity index is 1.76. The quantitative estimate of drug-likeness (QED) is 0.909. The maximum Gasteiger partial charge on any atom is 0.119 e. The van der Waals surface area contributed by atoms with Crippen LogP contribution >= 0.6 is 0 Å². The molecule has 2 N–H and O–H groups in total. The van der Waals surface area contributed by atoms with Crippen LogP contribution < -0.4 is 4.74 Å². The summed E-state index contributed by atoms with van der Waals surface area (Å²) in [5.41, 5.74) is 2.58. The van der Waals surface area contributed by atoms with Gasteiger partial charge in [0.15, 0.2) is 0 Å². The number of aromatic nitrogens is 1. The summed E-state index contributed by atoms with van der Waals surface area (Å²) in [4.78, 5) is 5.73. The summed E-state index contributed by atoms with van der Waals surface area (Å²) in [5, 5.41) is 10.8. The van der Waals surface area contributed by atoms with Crippen LogP contribution in [0.4, 0.5) is 0 Å². The van der Waals surface area contributed by atoms with E-state index in [1.165, 1.54) is 16.5 Å². The van der Waals surface area contributed by atoms with Gasteiger partial charge in [0.05, 0.1) is 13.2 Å². The van der Waals surface area contributed by atoms with E-state index in [0.717, 1.165) is 38.2 Å². The molecule has 1 atom stereocenters. The number of nitrogens with zero attached hydrogens (tertiary/aromatic N) is 1. The molecule has 1 aromatic heterocycles. The van der Waals surface area contributed by atoms with Gasteiger partial charge in [0.1, 0.15) is 5.75 Å². The van der Waals surface area contributed by atoms with Gasteiger partial charge in [-0.05, 0) is 62.5 Å². The van der Waals surface area contributed by atoms with Gasteiger partial charge < -0.3 is 19.7 Å². The molecule has 1 fully saturated rings. The Labute approximate surface area is 125 Å². The molecule has 0 saturated carbocycles. The van der Waals surface area contributed by atoms with Gasteiger partial charge in [-0.2, -0.15) is 0 Å². The second-order valence-corrected chi connectivity index (χ2v) is 6.08. The zero-order valence-electron chi connectivity index (χ0n) is 12.8. The van der Waals surface area contributed by atoms with Gasteiger partial charge in [0.2, 0.25) is 0 Å². The number of hydrogen-bond acceptors (Lipinski definition) is 3. The standard InChI is InChI=1S/C17H24N2O2/c1-12(20)11-19-7-5-13(6-8-19)16-10-18-17-4-3-14(21-2)9-15(16)17/h3-4,9-10,12-13,18,20H,5-8,11H2,1-2H3. The number of aromatic amines is 1. The molecule has 3 rings (SSSR count). The van der Waals surface area contributed by atoms with E-state index in [1.54, 1.807) is 7.11 Å². The number of benzene rings is 1. The summed E-state index contributed by atoms with van der Waals surface area (Å²) in [7, 11) is 1.71. The number of aliphatic hydroxyl groups is 1. The highest BCUT2D eigenvalue weighted by atomic mass is 16.5. The van der Waals surface area contributed by atoms with Gasteiger partial charge in [0.25, 0.3) is 0 Å². The van der Waals surface area contributed by atoms with E-state index in [1.807, 2.05) is 13.0 Å². The van der Waals surface area contributed by atoms with Crippen LogP contribution in [0.3, 0.4) is 0 Å². The number of β-amino-alcohol motifs (C(OH)–C–C–N with tert-alkyl or cyclic N) is 1. The predicted octanol–water partition coefficient (Wildman–Crippen LogP) is 2.74. The van der Waals surface area contributed by atoms with Crippen LogP contribution in [0.1, 0.15) is 31.2 Å². The third-order valence-electron chi connectivity index (χ3n) is 4.47. The summed E-state index contributed by atoms with van der Waals surface area (Å²) in [5.74, 6) is 1.51. The van der Waals surface area contributed by atoms with Crippen LogP contribution in [-0.2, 0) is 0 Å². The minimum Gasteiger partial charge on any atom is -0.497 e. The maximum absolute atomic E-state index is 9.49. The molecule has 0 amide bonds. The van der Waals surface area contributed by atoms with E-state index in [-0.39, 0.29) is 6.10 Å². The molecule has 4 nitrogen and oxygen atoms in total. The zero-order valence-corrected chi connectivity index (χ0v) is 12.8. The number of ether oxygens (including phenoxy) is 1. The molecule has 1 aromatic carbocycles. The number of aliphatic hydroxyl groups excluding tert-OH is 1. The third-order valence-corrected chi connectivity index (χ3v) is 4.47. The second kappa shape index (κ2) is 6.08. The van der Waals surface area contributed by atoms with Crippen LogP contribution in [0, 0.1) is 0 Å². The molecule has 2 heterocycles. The first-order valence-electron chi connectivity index (χ1n) is 7.73. The lowest BCUT2D eigenvalue weighted by Crippen LogP contribution is -2.37. The summed E-state index contributed by atoms with van der Waals surface area (Å²) >= 11 is 0. The SMILES string of the molecule is COc1ccc2[nH]cc(C3CCN(CC(C)O)CC3)c2c1. The monoisotopic (exact) mass is 288 g/mol. The number of likely N-dealkylation sites (tertiary alicyclic amines) is 1. The molecule has 0 radical (unpaired) electrons. The van der Waals surface area contributed by atoms with E-state index in [2.05, 4.69) is 28.2 Å². The Morgan fingerprint density at radius 3 is 2.81 bits per heavy atom. The molecular weight excluding hydrogens is 264 g/mol. The molecule has 0 aliphatic carbocycles. The van der Waals surface area contributed by atoms with Crippen LogP contribution in [0.15, 0.2) is 24.4 Å². The van der Waals surface area contributed by atoms with E-state index >= 15 is 0 Å². The molecule has 114 valence electrons. The van der Waals surface area contributed by atoms with Crippen molar-refractivity contribution >= 4 is 10.9 Å². The van der Waals surface area contributed by atoms with Crippen LogP contribution in [0.25, 0.3) is 10.9 Å². The van der Waals surface area contributed by atoms with Crippen molar-refractivity contribution in [1.82, 2.24) is 9.88 Å². The van der Waals surface area contributed by atoms with E-state index in [9.17, 15) is 5.11 Å². The summed E-state index contributed by atoms with van der Waals surface area (Å²) in [6, 6.07) is 6.21. The van der Waals surface area contributed by atoms with Gasteiger partial charge in [0, 0.05) is 23.6 Å². The average molecular weight is 288 g/mol. The molecule has 1 unspecified atom stereocenters. The molecule has 21 heavy (non-hydrogen) atoms. The number of fused-ring (bicyclic) bond motifs is 1. The van der Waals surface area contributed by atoms with Crippen molar-refractivity contribution in [2.24, 2.45) is 0 Å². The van der Waals surface area contributed by atoms with E-state index in [0.29, 0.717) is 5.92 Å². The second-order valence-electron chi connectivity index (χ2n) is 6.08. The van der Waals surface area contributed by atoms with Gasteiger partial charge in [-0.3, -0.25) is 0 Å². The number of piperidine rings is 1. The topological polar surface area (TPSA) is 48.5 Å². The summed E-state index contributed by atoms with van der Waals surface area (Å²) < 4.78 is 5.34. The number of nitrogens with one attached hydrogen (secondary N) is 1. The Bertz CT molecular complexity index is 598. The van der Waals surface area contributed by atoms with Crippen molar-refractivity contribution in [3.8, 4) is 5.75 Å². The fourth-order valence-electron chi connectivity index (χ4n) is 3.39. The van der Waals surface area contributed by atoms with Crippen molar-refractivity contribution in [1.29, 1.82) is 0 Å². The van der Waals surface area contributed by atoms with E-state index in [4.69, 9.17) is 4.74 Å². The highest BCUT2D eigenvalue weighted by Gasteiger charge is 2.23. The van der Waals surface area contributed by atoms with Gasteiger partial charge >= 0.3 is 0 Å². The summed E-state index contributed by atoms with van der Waals surface area (Å²) in [6.45, 7) is 4.77. The van der Waals surface area contributed by atoms with Gasteiger partial charge in [-0.15, -0.1) is 0 Å². The zero-order chi connectivity index (χ0) is 14.8. The number of hydrogen-bond donors (Lipinski definition) is 2. The molecule has 1 aliphatic heterocycles. The highest BCUT2D eigenvalue weighted by molar-refractivity contribution is 5.85. The van der Waals surface area contributed by atoms with E-state index < -0.39 is 0 Å². The van der Waals surface area contributed by atoms with Gasteiger partial charge in [-0.1, -0.05) is 0 Å². The molecule has 1 aliphatic rings. The minimum absolute atomic E-state index is 0.237. The Morgan fingerprint density at radius 1 is 1.38 bits per heavy atom. The third kappa shape index (κ3) is 3.06. The molecule has 1 saturated heterocycles. The van der Waals surface area contributed by atoms with Crippen molar-refractivity contribution in [3.05, 3.63) is 30.0 Å². The molecule has 4 heteroatoms. The van der Waals surface area contributed by atoms with Crippen molar-refractivity contribution < 1.29 is 9.84 Å². The van der Waals surface area contributed by atoms with Gasteiger partial charge in [-0.25, -0.2) is 0 Å². The molecule has 0 spiro atoms.